The third-order valence-corrected chi connectivity index (χ3v) is 2.30. The molecule has 0 saturated heterocycles. The summed E-state index contributed by atoms with van der Waals surface area (Å²) in [4.78, 5) is 10.4. The number of hydrogen-bond acceptors (Lipinski definition) is 2. The second kappa shape index (κ2) is 11.3. The highest BCUT2D eigenvalue weighted by atomic mass is 16.5. The summed E-state index contributed by atoms with van der Waals surface area (Å²) < 4.78 is 4.68. The highest BCUT2D eigenvalue weighted by Crippen LogP contribution is 2.08. The van der Waals surface area contributed by atoms with E-state index in [-0.39, 0.29) is 5.97 Å². The second-order valence-corrected chi connectivity index (χ2v) is 3.89. The lowest BCUT2D eigenvalue weighted by atomic mass is 10.1. The molecule has 0 saturated carbocycles. The molecule has 0 bridgehead atoms. The van der Waals surface area contributed by atoms with Gasteiger partial charge in [0.15, 0.2) is 0 Å². The number of hydrogen-bond donors (Lipinski definition) is 0. The molecule has 0 aromatic carbocycles. The molecule has 0 N–H and O–H groups in total. The number of unbranched alkanes of at least 4 members (excludes halogenated alkanes) is 7. The second-order valence-electron chi connectivity index (χ2n) is 3.89. The van der Waals surface area contributed by atoms with Gasteiger partial charge in [0, 0.05) is 6.92 Å². The molecule has 0 aliphatic heterocycles. The topological polar surface area (TPSA) is 26.3 Å². The van der Waals surface area contributed by atoms with Gasteiger partial charge >= 0.3 is 5.97 Å². The van der Waals surface area contributed by atoms with Crippen molar-refractivity contribution in [2.24, 2.45) is 0 Å². The maximum atomic E-state index is 10.4. The van der Waals surface area contributed by atoms with Crippen LogP contribution < -0.4 is 0 Å². The van der Waals surface area contributed by atoms with Crippen LogP contribution in [0.1, 0.15) is 65.2 Å². The molecule has 0 unspecified atom stereocenters. The molecular formula is C13H24O2. The minimum Gasteiger partial charge on any atom is -0.435 e. The summed E-state index contributed by atoms with van der Waals surface area (Å²) in [7, 11) is 0. The lowest BCUT2D eigenvalue weighted by molar-refractivity contribution is -0.135. The van der Waals surface area contributed by atoms with E-state index < -0.39 is 0 Å². The quantitative estimate of drug-likeness (QED) is 0.325. The molecule has 0 atom stereocenters. The summed E-state index contributed by atoms with van der Waals surface area (Å²) in [6.45, 7) is 3.65. The van der Waals surface area contributed by atoms with Crippen molar-refractivity contribution in [1.82, 2.24) is 0 Å². The Morgan fingerprint density at radius 1 is 1.07 bits per heavy atom. The van der Waals surface area contributed by atoms with E-state index in [4.69, 9.17) is 0 Å². The maximum Gasteiger partial charge on any atom is 0.307 e. The number of esters is 1. The van der Waals surface area contributed by atoms with Gasteiger partial charge in [0.25, 0.3) is 0 Å². The van der Waals surface area contributed by atoms with Crippen molar-refractivity contribution in [3.05, 3.63) is 12.3 Å². The van der Waals surface area contributed by atoms with Crippen LogP contribution >= 0.6 is 0 Å². The van der Waals surface area contributed by atoms with Crippen molar-refractivity contribution in [3.8, 4) is 0 Å². The fraction of sp³-hybridized carbons (Fsp3) is 0.769. The maximum absolute atomic E-state index is 10.4. The Bertz CT molecular complexity index is 173. The minimum atomic E-state index is -0.245. The van der Waals surface area contributed by atoms with Gasteiger partial charge in [-0.1, -0.05) is 45.4 Å². The molecule has 0 fully saturated rings. The SMILES string of the molecule is CCCCCCCCCC=COC(C)=O. The Kier molecular flexibility index (Phi) is 10.7. The predicted octanol–water partition coefficient (Wildman–Crippen LogP) is 4.20. The molecule has 15 heavy (non-hydrogen) atoms. The minimum absolute atomic E-state index is 0.245. The average molecular weight is 212 g/mol. The van der Waals surface area contributed by atoms with Crippen LogP contribution in [-0.4, -0.2) is 5.97 Å². The molecule has 0 heterocycles. The molecule has 0 radical (unpaired) electrons. The predicted molar refractivity (Wildman–Crippen MR) is 63.5 cm³/mol. The molecule has 88 valence electrons. The number of ether oxygens (including phenoxy) is 1. The number of carbonyl (C=O) groups excluding carboxylic acids is 1. The van der Waals surface area contributed by atoms with Gasteiger partial charge in [0.2, 0.25) is 0 Å². The molecule has 0 rings (SSSR count). The highest BCUT2D eigenvalue weighted by Gasteiger charge is 1.89. The van der Waals surface area contributed by atoms with Crippen LogP contribution in [0.3, 0.4) is 0 Å². The normalized spacial score (nSPS) is 10.8. The zero-order valence-corrected chi connectivity index (χ0v) is 10.1. The lowest BCUT2D eigenvalue weighted by Crippen LogP contribution is -1.89. The zero-order valence-electron chi connectivity index (χ0n) is 10.1. The summed E-state index contributed by atoms with van der Waals surface area (Å²) in [5.74, 6) is -0.245. The fourth-order valence-corrected chi connectivity index (χ4v) is 1.43. The van der Waals surface area contributed by atoms with Gasteiger partial charge in [0.05, 0.1) is 6.26 Å². The van der Waals surface area contributed by atoms with Gasteiger partial charge in [-0.25, -0.2) is 0 Å². The van der Waals surface area contributed by atoms with Crippen molar-refractivity contribution in [2.45, 2.75) is 65.2 Å². The Labute approximate surface area is 93.7 Å². The van der Waals surface area contributed by atoms with Crippen LogP contribution in [0.2, 0.25) is 0 Å². The smallest absolute Gasteiger partial charge is 0.307 e. The fourth-order valence-electron chi connectivity index (χ4n) is 1.43. The first-order valence-electron chi connectivity index (χ1n) is 6.09. The van der Waals surface area contributed by atoms with Crippen LogP contribution in [0.5, 0.6) is 0 Å². The highest BCUT2D eigenvalue weighted by molar-refractivity contribution is 5.66. The van der Waals surface area contributed by atoms with Crippen LogP contribution in [-0.2, 0) is 9.53 Å². The summed E-state index contributed by atoms with van der Waals surface area (Å²) >= 11 is 0. The summed E-state index contributed by atoms with van der Waals surface area (Å²) in [6.07, 6.45) is 13.7. The molecule has 0 amide bonds. The molecular weight excluding hydrogens is 188 g/mol. The molecule has 2 nitrogen and oxygen atoms in total. The average Bonchev–Trinajstić information content (AvgIpc) is 2.20. The third-order valence-electron chi connectivity index (χ3n) is 2.30. The van der Waals surface area contributed by atoms with Crippen LogP contribution in [0.4, 0.5) is 0 Å². The monoisotopic (exact) mass is 212 g/mol. The van der Waals surface area contributed by atoms with Crippen molar-refractivity contribution in [3.63, 3.8) is 0 Å². The van der Waals surface area contributed by atoms with Crippen LogP contribution in [0, 0.1) is 0 Å². The van der Waals surface area contributed by atoms with Crippen molar-refractivity contribution in [1.29, 1.82) is 0 Å². The molecule has 0 aromatic rings. The van der Waals surface area contributed by atoms with Gasteiger partial charge in [-0.2, -0.15) is 0 Å². The zero-order chi connectivity index (χ0) is 11.4. The summed E-state index contributed by atoms with van der Waals surface area (Å²) in [6, 6.07) is 0. The first-order valence-corrected chi connectivity index (χ1v) is 6.09. The largest absolute Gasteiger partial charge is 0.435 e. The number of allylic oxidation sites excluding steroid dienone is 1. The van der Waals surface area contributed by atoms with Crippen molar-refractivity contribution >= 4 is 5.97 Å². The molecule has 0 aromatic heterocycles. The standard InChI is InChI=1S/C13H24O2/c1-3-4-5-6-7-8-9-10-11-12-15-13(2)14/h11-12H,3-10H2,1-2H3. The third kappa shape index (κ3) is 13.2. The molecule has 0 aliphatic rings. The van der Waals surface area contributed by atoms with Crippen molar-refractivity contribution in [2.75, 3.05) is 0 Å². The molecule has 0 aliphatic carbocycles. The van der Waals surface area contributed by atoms with E-state index in [0.29, 0.717) is 0 Å². The van der Waals surface area contributed by atoms with E-state index in [1.165, 1.54) is 58.1 Å². The van der Waals surface area contributed by atoms with E-state index in [9.17, 15) is 4.79 Å². The van der Waals surface area contributed by atoms with Gasteiger partial charge in [-0.15, -0.1) is 0 Å². The first kappa shape index (κ1) is 14.2. The first-order chi connectivity index (χ1) is 7.27. The van der Waals surface area contributed by atoms with Gasteiger partial charge in [0.1, 0.15) is 0 Å². The van der Waals surface area contributed by atoms with E-state index in [2.05, 4.69) is 11.7 Å². The summed E-state index contributed by atoms with van der Waals surface area (Å²) in [5, 5.41) is 0. The van der Waals surface area contributed by atoms with Crippen molar-refractivity contribution < 1.29 is 9.53 Å². The van der Waals surface area contributed by atoms with E-state index in [0.717, 1.165) is 6.42 Å². The molecule has 0 spiro atoms. The molecule has 2 heteroatoms. The van der Waals surface area contributed by atoms with E-state index in [1.54, 1.807) is 0 Å². The van der Waals surface area contributed by atoms with E-state index in [1.807, 2.05) is 6.08 Å². The van der Waals surface area contributed by atoms with Gasteiger partial charge in [-0.05, 0) is 18.9 Å². The van der Waals surface area contributed by atoms with Crippen LogP contribution in [0.15, 0.2) is 12.3 Å². The Morgan fingerprint density at radius 2 is 1.67 bits per heavy atom. The number of carbonyl (C=O) groups is 1. The number of rotatable bonds is 9. The van der Waals surface area contributed by atoms with Gasteiger partial charge < -0.3 is 4.74 Å². The Morgan fingerprint density at radius 3 is 2.27 bits per heavy atom. The van der Waals surface area contributed by atoms with Gasteiger partial charge in [-0.3, -0.25) is 4.79 Å². The van der Waals surface area contributed by atoms with E-state index >= 15 is 0 Å². The lowest BCUT2D eigenvalue weighted by Gasteiger charge is -1.98. The van der Waals surface area contributed by atoms with Crippen LogP contribution in [0.25, 0.3) is 0 Å². The Balaban J connectivity index is 3.04. The summed E-state index contributed by atoms with van der Waals surface area (Å²) in [5.41, 5.74) is 0. The Hall–Kier alpha value is -0.790.